The second-order valence-corrected chi connectivity index (χ2v) is 6.24. The minimum absolute atomic E-state index is 0.0416. The molecule has 4 nitrogen and oxygen atoms in total. The predicted molar refractivity (Wildman–Crippen MR) is 83.3 cm³/mol. The van der Waals surface area contributed by atoms with E-state index in [-0.39, 0.29) is 12.1 Å². The Morgan fingerprint density at radius 2 is 2.24 bits per heavy atom. The smallest absolute Gasteiger partial charge is 0.128 e. The molecule has 1 aliphatic carbocycles. The van der Waals surface area contributed by atoms with Gasteiger partial charge in [0.2, 0.25) is 0 Å². The molecule has 1 aromatic heterocycles. The maximum Gasteiger partial charge on any atom is 0.128 e. The standard InChI is InChI=1S/C16H16ClN3O/c1-16(9-21,11-2-3-11)20-15-6-10(8-18)13-7-12(17)4-5-14(13)19-15/h4-7,11,21H,2-3,9H2,1H3,(H,19,20). The van der Waals surface area contributed by atoms with Crippen molar-refractivity contribution in [2.75, 3.05) is 11.9 Å². The fraction of sp³-hybridized carbons (Fsp3) is 0.375. The Labute approximate surface area is 128 Å². The molecule has 0 amide bonds. The molecule has 2 aromatic rings. The molecule has 0 saturated heterocycles. The number of nitrogens with one attached hydrogen (secondary N) is 1. The van der Waals surface area contributed by atoms with E-state index in [1.165, 1.54) is 0 Å². The zero-order chi connectivity index (χ0) is 15.0. The number of halogens is 1. The highest BCUT2D eigenvalue weighted by atomic mass is 35.5. The van der Waals surface area contributed by atoms with Crippen LogP contribution in [0.4, 0.5) is 5.82 Å². The molecular weight excluding hydrogens is 286 g/mol. The first kappa shape index (κ1) is 14.1. The SMILES string of the molecule is CC(CO)(Nc1cc(C#N)c2cc(Cl)ccc2n1)C1CC1. The normalized spacial score (nSPS) is 17.2. The van der Waals surface area contributed by atoms with Gasteiger partial charge in [0.25, 0.3) is 0 Å². The largest absolute Gasteiger partial charge is 0.394 e. The lowest BCUT2D eigenvalue weighted by atomic mass is 9.97. The Balaban J connectivity index is 2.04. The molecule has 1 saturated carbocycles. The number of nitriles is 1. The number of aromatic nitrogens is 1. The maximum absolute atomic E-state index is 9.66. The van der Waals surface area contributed by atoms with E-state index < -0.39 is 0 Å². The molecule has 0 aliphatic heterocycles. The molecule has 1 atom stereocenters. The molecule has 108 valence electrons. The lowest BCUT2D eigenvalue weighted by molar-refractivity contribution is 0.206. The van der Waals surface area contributed by atoms with Crippen LogP contribution < -0.4 is 5.32 Å². The summed E-state index contributed by atoms with van der Waals surface area (Å²) in [4.78, 5) is 4.54. The lowest BCUT2D eigenvalue weighted by Gasteiger charge is -2.29. The molecule has 0 bridgehead atoms. The monoisotopic (exact) mass is 301 g/mol. The maximum atomic E-state index is 9.66. The van der Waals surface area contributed by atoms with E-state index >= 15 is 0 Å². The fourth-order valence-electron chi connectivity index (χ4n) is 2.64. The number of anilines is 1. The Hall–Kier alpha value is -1.83. The molecule has 2 N–H and O–H groups in total. The molecular formula is C16H16ClN3O. The number of fused-ring (bicyclic) bond motifs is 1. The molecule has 1 unspecified atom stereocenters. The number of hydrogen-bond donors (Lipinski definition) is 2. The molecule has 5 heteroatoms. The Kier molecular flexibility index (Phi) is 3.48. The zero-order valence-corrected chi connectivity index (χ0v) is 12.5. The number of aliphatic hydroxyl groups is 1. The van der Waals surface area contributed by atoms with Crippen LogP contribution in [0.1, 0.15) is 25.3 Å². The number of nitrogens with zero attached hydrogens (tertiary/aromatic N) is 2. The third-order valence-corrected chi connectivity index (χ3v) is 4.35. The van der Waals surface area contributed by atoms with Crippen molar-refractivity contribution in [1.82, 2.24) is 4.98 Å². The van der Waals surface area contributed by atoms with E-state index in [1.807, 2.05) is 6.92 Å². The van der Waals surface area contributed by atoms with Crippen LogP contribution in [0.3, 0.4) is 0 Å². The van der Waals surface area contributed by atoms with Gasteiger partial charge in [-0.25, -0.2) is 4.98 Å². The predicted octanol–water partition coefficient (Wildman–Crippen LogP) is 3.33. The molecule has 0 spiro atoms. The summed E-state index contributed by atoms with van der Waals surface area (Å²) in [7, 11) is 0. The minimum Gasteiger partial charge on any atom is -0.394 e. The summed E-state index contributed by atoms with van der Waals surface area (Å²) >= 11 is 5.98. The molecule has 1 aliphatic rings. The van der Waals surface area contributed by atoms with Crippen LogP contribution in [0.25, 0.3) is 10.9 Å². The average molecular weight is 302 g/mol. The Morgan fingerprint density at radius 3 is 2.86 bits per heavy atom. The molecule has 1 aromatic carbocycles. The second kappa shape index (κ2) is 5.18. The van der Waals surface area contributed by atoms with Crippen molar-refractivity contribution in [1.29, 1.82) is 5.26 Å². The van der Waals surface area contributed by atoms with E-state index in [0.717, 1.165) is 23.7 Å². The van der Waals surface area contributed by atoms with Crippen molar-refractivity contribution in [3.05, 3.63) is 34.9 Å². The quantitative estimate of drug-likeness (QED) is 0.909. The highest BCUT2D eigenvalue weighted by Crippen LogP contribution is 2.41. The summed E-state index contributed by atoms with van der Waals surface area (Å²) < 4.78 is 0. The molecule has 1 fully saturated rings. The van der Waals surface area contributed by atoms with Crippen LogP contribution in [0.5, 0.6) is 0 Å². The van der Waals surface area contributed by atoms with E-state index in [9.17, 15) is 10.4 Å². The van der Waals surface area contributed by atoms with Gasteiger partial charge in [0.15, 0.2) is 0 Å². The number of aliphatic hydroxyl groups excluding tert-OH is 1. The molecule has 21 heavy (non-hydrogen) atoms. The molecule has 0 radical (unpaired) electrons. The van der Waals surface area contributed by atoms with E-state index in [2.05, 4.69) is 16.4 Å². The topological polar surface area (TPSA) is 68.9 Å². The van der Waals surface area contributed by atoms with Gasteiger partial charge in [-0.15, -0.1) is 0 Å². The molecule has 3 rings (SSSR count). The third-order valence-electron chi connectivity index (χ3n) is 4.11. The van der Waals surface area contributed by atoms with Gasteiger partial charge in [-0.1, -0.05) is 11.6 Å². The van der Waals surface area contributed by atoms with Crippen molar-refractivity contribution < 1.29 is 5.11 Å². The van der Waals surface area contributed by atoms with Gasteiger partial charge in [0.1, 0.15) is 5.82 Å². The Morgan fingerprint density at radius 1 is 1.48 bits per heavy atom. The molecule has 1 heterocycles. The van der Waals surface area contributed by atoms with Crippen LogP contribution in [-0.2, 0) is 0 Å². The first-order chi connectivity index (χ1) is 10.1. The van der Waals surface area contributed by atoms with Gasteiger partial charge in [-0.2, -0.15) is 5.26 Å². The van der Waals surface area contributed by atoms with Crippen LogP contribution >= 0.6 is 11.6 Å². The van der Waals surface area contributed by atoms with Crippen LogP contribution in [0.2, 0.25) is 5.02 Å². The van der Waals surface area contributed by atoms with Crippen LogP contribution in [0, 0.1) is 17.2 Å². The Bertz CT molecular complexity index is 736. The summed E-state index contributed by atoms with van der Waals surface area (Å²) in [5, 5.41) is 23.6. The minimum atomic E-state index is -0.389. The van der Waals surface area contributed by atoms with Crippen LogP contribution in [-0.4, -0.2) is 22.2 Å². The van der Waals surface area contributed by atoms with Crippen molar-refractivity contribution in [3.8, 4) is 6.07 Å². The summed E-state index contributed by atoms with van der Waals surface area (Å²) in [6.07, 6.45) is 2.22. The van der Waals surface area contributed by atoms with E-state index in [4.69, 9.17) is 11.6 Å². The van der Waals surface area contributed by atoms with Gasteiger partial charge in [-0.05, 0) is 49.9 Å². The summed E-state index contributed by atoms with van der Waals surface area (Å²) in [5.41, 5.74) is 0.859. The van der Waals surface area contributed by atoms with E-state index in [0.29, 0.717) is 22.3 Å². The third kappa shape index (κ3) is 2.67. The van der Waals surface area contributed by atoms with Gasteiger partial charge < -0.3 is 10.4 Å². The van der Waals surface area contributed by atoms with Gasteiger partial charge in [-0.3, -0.25) is 0 Å². The number of hydrogen-bond acceptors (Lipinski definition) is 4. The highest BCUT2D eigenvalue weighted by Gasteiger charge is 2.41. The summed E-state index contributed by atoms with van der Waals surface area (Å²) in [5.74, 6) is 1.07. The number of benzene rings is 1. The van der Waals surface area contributed by atoms with Gasteiger partial charge >= 0.3 is 0 Å². The summed E-state index contributed by atoms with van der Waals surface area (Å²) in [6.45, 7) is 2.03. The van der Waals surface area contributed by atoms with Crippen molar-refractivity contribution in [2.45, 2.75) is 25.3 Å². The number of pyridine rings is 1. The van der Waals surface area contributed by atoms with Crippen molar-refractivity contribution in [2.24, 2.45) is 5.92 Å². The van der Waals surface area contributed by atoms with Crippen molar-refractivity contribution >= 4 is 28.3 Å². The highest BCUT2D eigenvalue weighted by molar-refractivity contribution is 6.31. The first-order valence-corrected chi connectivity index (χ1v) is 7.33. The lowest BCUT2D eigenvalue weighted by Crippen LogP contribution is -2.41. The summed E-state index contributed by atoms with van der Waals surface area (Å²) in [6, 6.07) is 9.21. The van der Waals surface area contributed by atoms with Gasteiger partial charge in [0.05, 0.1) is 29.3 Å². The zero-order valence-electron chi connectivity index (χ0n) is 11.7. The van der Waals surface area contributed by atoms with Crippen LogP contribution in [0.15, 0.2) is 24.3 Å². The average Bonchev–Trinajstić information content (AvgIpc) is 3.31. The van der Waals surface area contributed by atoms with Gasteiger partial charge in [0, 0.05) is 10.4 Å². The van der Waals surface area contributed by atoms with E-state index in [1.54, 1.807) is 24.3 Å². The fourth-order valence-corrected chi connectivity index (χ4v) is 2.81. The van der Waals surface area contributed by atoms with Crippen molar-refractivity contribution in [3.63, 3.8) is 0 Å². The second-order valence-electron chi connectivity index (χ2n) is 5.80. The first-order valence-electron chi connectivity index (χ1n) is 6.95. The number of rotatable bonds is 4.